The fourth-order valence-electron chi connectivity index (χ4n) is 3.15. The lowest BCUT2D eigenvalue weighted by molar-refractivity contribution is 0.0587. The highest BCUT2D eigenvalue weighted by atomic mass is 16.5. The number of pyridine rings is 1. The predicted octanol–water partition coefficient (Wildman–Crippen LogP) is 2.94. The van der Waals surface area contributed by atoms with Crippen molar-refractivity contribution in [1.82, 2.24) is 14.9 Å². The third-order valence-electron chi connectivity index (χ3n) is 4.74. The number of carbonyl (C=O) groups excluding carboxylic acids is 1. The van der Waals surface area contributed by atoms with Crippen LogP contribution in [0.4, 0.5) is 0 Å². The number of aryl methyl sites for hydroxylation is 1. The average Bonchev–Trinajstić information content (AvgIpc) is 3.34. The maximum Gasteiger partial charge on any atom is 0.276 e. The molecular weight excluding hydrogens is 306 g/mol. The molecule has 3 heterocycles. The van der Waals surface area contributed by atoms with E-state index in [-0.39, 0.29) is 12.0 Å². The molecule has 4 rings (SSSR count). The van der Waals surface area contributed by atoms with Crippen molar-refractivity contribution >= 4 is 5.91 Å². The van der Waals surface area contributed by atoms with Gasteiger partial charge in [0.2, 0.25) is 0 Å². The number of ether oxygens (including phenoxy) is 1. The highest BCUT2D eigenvalue weighted by Crippen LogP contribution is 2.41. The number of amides is 1. The third-order valence-corrected chi connectivity index (χ3v) is 4.74. The summed E-state index contributed by atoms with van der Waals surface area (Å²) in [4.78, 5) is 22.8. The maximum absolute atomic E-state index is 12.7. The predicted molar refractivity (Wildman–Crippen MR) is 87.0 cm³/mol. The summed E-state index contributed by atoms with van der Waals surface area (Å²) < 4.78 is 11.5. The molecule has 1 aliphatic heterocycles. The van der Waals surface area contributed by atoms with Crippen molar-refractivity contribution in [3.8, 4) is 5.75 Å². The van der Waals surface area contributed by atoms with E-state index in [1.54, 1.807) is 12.4 Å². The van der Waals surface area contributed by atoms with E-state index in [9.17, 15) is 4.79 Å². The minimum absolute atomic E-state index is 0.0100. The van der Waals surface area contributed by atoms with E-state index in [1.165, 1.54) is 6.39 Å². The molecule has 0 atom stereocenters. The quantitative estimate of drug-likeness (QED) is 0.863. The van der Waals surface area contributed by atoms with Crippen LogP contribution < -0.4 is 4.74 Å². The number of oxazole rings is 1. The van der Waals surface area contributed by atoms with Crippen molar-refractivity contribution < 1.29 is 13.9 Å². The van der Waals surface area contributed by atoms with Crippen LogP contribution in [-0.4, -0.2) is 40.0 Å². The smallest absolute Gasteiger partial charge is 0.276 e. The molecule has 2 aromatic heterocycles. The Morgan fingerprint density at radius 2 is 2.08 bits per heavy atom. The van der Waals surface area contributed by atoms with Gasteiger partial charge in [-0.05, 0) is 25.8 Å². The number of nitrogens with zero attached hydrogens (tertiary/aromatic N) is 3. The van der Waals surface area contributed by atoms with Crippen molar-refractivity contribution in [2.45, 2.75) is 44.6 Å². The minimum atomic E-state index is -0.0100. The van der Waals surface area contributed by atoms with Gasteiger partial charge in [-0.25, -0.2) is 4.98 Å². The van der Waals surface area contributed by atoms with Crippen LogP contribution in [0.15, 0.2) is 29.3 Å². The van der Waals surface area contributed by atoms with Gasteiger partial charge in [0, 0.05) is 49.8 Å². The lowest BCUT2D eigenvalue weighted by Crippen LogP contribution is -2.42. The number of likely N-dealkylation sites (tertiary alicyclic amines) is 1. The van der Waals surface area contributed by atoms with Crippen LogP contribution in [-0.2, 0) is 0 Å². The lowest BCUT2D eigenvalue weighted by Gasteiger charge is -2.32. The van der Waals surface area contributed by atoms with Crippen LogP contribution in [0.3, 0.4) is 0 Å². The molecule has 0 aromatic carbocycles. The van der Waals surface area contributed by atoms with Gasteiger partial charge < -0.3 is 14.1 Å². The summed E-state index contributed by atoms with van der Waals surface area (Å²) >= 11 is 0. The van der Waals surface area contributed by atoms with Crippen molar-refractivity contribution in [2.24, 2.45) is 0 Å². The standard InChI is InChI=1S/C18H21N3O3/c1-12-10-19-7-4-15(12)24-14-5-8-21(9-6-14)18(22)16-17(13-2-3-13)23-11-20-16/h4,7,10-11,13-14H,2-3,5-6,8-9H2,1H3. The molecule has 0 spiro atoms. The summed E-state index contributed by atoms with van der Waals surface area (Å²) in [7, 11) is 0. The summed E-state index contributed by atoms with van der Waals surface area (Å²) in [6, 6.07) is 1.89. The van der Waals surface area contributed by atoms with Crippen LogP contribution in [0.5, 0.6) is 5.75 Å². The second kappa shape index (κ2) is 6.26. The Morgan fingerprint density at radius 1 is 1.29 bits per heavy atom. The SMILES string of the molecule is Cc1cnccc1OC1CCN(C(=O)c2ncoc2C2CC2)CC1. The Bertz CT molecular complexity index is 731. The fraction of sp³-hybridized carbons (Fsp3) is 0.500. The first-order chi connectivity index (χ1) is 11.7. The minimum Gasteiger partial charge on any atom is -0.490 e. The Labute approximate surface area is 140 Å². The summed E-state index contributed by atoms with van der Waals surface area (Å²) in [6.45, 7) is 3.36. The lowest BCUT2D eigenvalue weighted by atomic mass is 10.1. The summed E-state index contributed by atoms with van der Waals surface area (Å²) in [5, 5.41) is 0. The maximum atomic E-state index is 12.7. The largest absolute Gasteiger partial charge is 0.490 e. The number of rotatable bonds is 4. The first kappa shape index (κ1) is 15.2. The van der Waals surface area contributed by atoms with Crippen LogP contribution in [0, 0.1) is 6.92 Å². The van der Waals surface area contributed by atoms with E-state index in [0.717, 1.165) is 42.8 Å². The van der Waals surface area contributed by atoms with E-state index < -0.39 is 0 Å². The summed E-state index contributed by atoms with van der Waals surface area (Å²) in [5.74, 6) is 2.03. The summed E-state index contributed by atoms with van der Waals surface area (Å²) in [5.41, 5.74) is 1.54. The fourth-order valence-corrected chi connectivity index (χ4v) is 3.15. The number of hydrogen-bond donors (Lipinski definition) is 0. The number of piperidine rings is 1. The molecular formula is C18H21N3O3. The van der Waals surface area contributed by atoms with Gasteiger partial charge in [0.1, 0.15) is 17.6 Å². The molecule has 1 aliphatic carbocycles. The second-order valence-corrected chi connectivity index (χ2v) is 6.59. The topological polar surface area (TPSA) is 68.5 Å². The highest BCUT2D eigenvalue weighted by molar-refractivity contribution is 5.93. The molecule has 6 nitrogen and oxygen atoms in total. The third kappa shape index (κ3) is 3.00. The number of hydrogen-bond acceptors (Lipinski definition) is 5. The van der Waals surface area contributed by atoms with E-state index >= 15 is 0 Å². The van der Waals surface area contributed by atoms with Crippen LogP contribution in [0.2, 0.25) is 0 Å². The molecule has 2 aromatic rings. The Balaban J connectivity index is 1.36. The molecule has 24 heavy (non-hydrogen) atoms. The van der Waals surface area contributed by atoms with Crippen LogP contribution >= 0.6 is 0 Å². The molecule has 0 unspecified atom stereocenters. The molecule has 0 N–H and O–H groups in total. The first-order valence-electron chi connectivity index (χ1n) is 8.52. The second-order valence-electron chi connectivity index (χ2n) is 6.59. The molecule has 1 saturated carbocycles. The average molecular weight is 327 g/mol. The van der Waals surface area contributed by atoms with Crippen molar-refractivity contribution in [3.05, 3.63) is 41.9 Å². The van der Waals surface area contributed by atoms with Crippen molar-refractivity contribution in [2.75, 3.05) is 13.1 Å². The van der Waals surface area contributed by atoms with Crippen LogP contribution in [0.25, 0.3) is 0 Å². The van der Waals surface area contributed by atoms with Crippen molar-refractivity contribution in [3.63, 3.8) is 0 Å². The van der Waals surface area contributed by atoms with E-state index in [4.69, 9.17) is 9.15 Å². The monoisotopic (exact) mass is 327 g/mol. The van der Waals surface area contributed by atoms with Gasteiger partial charge in [-0.15, -0.1) is 0 Å². The van der Waals surface area contributed by atoms with Gasteiger partial charge in [0.25, 0.3) is 5.91 Å². The van der Waals surface area contributed by atoms with Gasteiger partial charge in [-0.1, -0.05) is 0 Å². The van der Waals surface area contributed by atoms with E-state index in [2.05, 4.69) is 9.97 Å². The molecule has 0 radical (unpaired) electrons. The van der Waals surface area contributed by atoms with Gasteiger partial charge in [-0.2, -0.15) is 0 Å². The molecule has 0 bridgehead atoms. The zero-order chi connectivity index (χ0) is 16.5. The van der Waals surface area contributed by atoms with Gasteiger partial charge in [0.05, 0.1) is 0 Å². The molecule has 1 saturated heterocycles. The molecule has 126 valence electrons. The van der Waals surface area contributed by atoms with E-state index in [0.29, 0.717) is 24.7 Å². The Hall–Kier alpha value is -2.37. The normalized spacial score (nSPS) is 18.6. The van der Waals surface area contributed by atoms with Gasteiger partial charge >= 0.3 is 0 Å². The first-order valence-corrected chi connectivity index (χ1v) is 8.52. The Morgan fingerprint density at radius 3 is 2.79 bits per heavy atom. The highest BCUT2D eigenvalue weighted by Gasteiger charge is 2.35. The van der Waals surface area contributed by atoms with Crippen molar-refractivity contribution in [1.29, 1.82) is 0 Å². The van der Waals surface area contributed by atoms with Crippen LogP contribution in [0.1, 0.15) is 53.4 Å². The van der Waals surface area contributed by atoms with Gasteiger partial charge in [-0.3, -0.25) is 9.78 Å². The Kier molecular flexibility index (Phi) is 3.96. The molecule has 2 fully saturated rings. The van der Waals surface area contributed by atoms with Gasteiger partial charge in [0.15, 0.2) is 12.1 Å². The van der Waals surface area contributed by atoms with E-state index in [1.807, 2.05) is 17.9 Å². The molecule has 1 amide bonds. The zero-order valence-electron chi connectivity index (χ0n) is 13.8. The number of aromatic nitrogens is 2. The zero-order valence-corrected chi connectivity index (χ0v) is 13.8. The molecule has 6 heteroatoms. The molecule has 2 aliphatic rings. The number of carbonyl (C=O) groups is 1. The summed E-state index contributed by atoms with van der Waals surface area (Å²) in [6.07, 6.45) is 8.91.